The molecule has 0 unspecified atom stereocenters. The molecule has 0 saturated heterocycles. The summed E-state index contributed by atoms with van der Waals surface area (Å²) in [7, 11) is 0. The molecule has 0 amide bonds. The van der Waals surface area contributed by atoms with Crippen molar-refractivity contribution in [3.8, 4) is 5.69 Å². The quantitative estimate of drug-likeness (QED) is 0.491. The third-order valence-electron chi connectivity index (χ3n) is 3.58. The maximum Gasteiger partial charge on any atom is 0.265 e. The first-order valence-corrected chi connectivity index (χ1v) is 7.55. The van der Waals surface area contributed by atoms with Crippen LogP contribution in [-0.4, -0.2) is 14.5 Å². The topological polar surface area (TPSA) is 47.8 Å². The number of hydrogen-bond donors (Lipinski definition) is 0. The highest BCUT2D eigenvalue weighted by molar-refractivity contribution is 9.10. The molecule has 5 heteroatoms. The van der Waals surface area contributed by atoms with Gasteiger partial charge >= 0.3 is 0 Å². The van der Waals surface area contributed by atoms with Crippen LogP contribution < -0.4 is 5.56 Å². The largest absolute Gasteiger partial charge is 0.268 e. The number of hydrogen-bond acceptors (Lipinski definition) is 3. The van der Waals surface area contributed by atoms with Gasteiger partial charge in [0.05, 0.1) is 22.1 Å². The van der Waals surface area contributed by atoms with Crippen molar-refractivity contribution in [1.82, 2.24) is 14.5 Å². The van der Waals surface area contributed by atoms with E-state index in [-0.39, 0.29) is 5.56 Å². The van der Waals surface area contributed by atoms with E-state index in [9.17, 15) is 4.79 Å². The van der Waals surface area contributed by atoms with E-state index in [0.717, 1.165) is 10.9 Å². The molecule has 0 atom stereocenters. The number of aromatic nitrogens is 3. The van der Waals surface area contributed by atoms with Crippen molar-refractivity contribution >= 4 is 37.7 Å². The number of benzene rings is 2. The van der Waals surface area contributed by atoms with E-state index >= 15 is 0 Å². The molecule has 4 nitrogen and oxygen atoms in total. The summed E-state index contributed by atoms with van der Waals surface area (Å²) < 4.78 is 2.14. The van der Waals surface area contributed by atoms with Crippen molar-refractivity contribution in [3.63, 3.8) is 0 Å². The first kappa shape index (κ1) is 13.2. The molecule has 0 aliphatic heterocycles. The van der Waals surface area contributed by atoms with Crippen LogP contribution >= 0.6 is 15.9 Å². The van der Waals surface area contributed by atoms with E-state index in [2.05, 4.69) is 25.9 Å². The Morgan fingerprint density at radius 1 is 0.955 bits per heavy atom. The summed E-state index contributed by atoms with van der Waals surface area (Å²) >= 11 is 3.45. The minimum absolute atomic E-state index is 0.108. The molecule has 4 rings (SSSR count). The van der Waals surface area contributed by atoms with Crippen LogP contribution in [0.3, 0.4) is 0 Å². The van der Waals surface area contributed by atoms with Gasteiger partial charge in [-0.05, 0) is 40.2 Å². The Balaban J connectivity index is 2.05. The van der Waals surface area contributed by atoms with E-state index in [0.29, 0.717) is 21.2 Å². The van der Waals surface area contributed by atoms with E-state index in [1.807, 2.05) is 48.5 Å². The average molecular weight is 352 g/mol. The lowest BCUT2D eigenvalue weighted by Crippen LogP contribution is -2.19. The van der Waals surface area contributed by atoms with Crippen molar-refractivity contribution in [2.75, 3.05) is 0 Å². The van der Waals surface area contributed by atoms with Crippen LogP contribution in [0.15, 0.2) is 70.3 Å². The third kappa shape index (κ3) is 2.02. The molecule has 2 heterocycles. The molecule has 0 aliphatic rings. The van der Waals surface area contributed by atoms with E-state index in [1.165, 1.54) is 4.57 Å². The Hall–Kier alpha value is -2.53. The van der Waals surface area contributed by atoms with Gasteiger partial charge in [0.2, 0.25) is 0 Å². The monoisotopic (exact) mass is 351 g/mol. The summed E-state index contributed by atoms with van der Waals surface area (Å²) in [5.41, 5.74) is 2.14. The zero-order chi connectivity index (χ0) is 15.1. The Morgan fingerprint density at radius 2 is 1.68 bits per heavy atom. The summed E-state index contributed by atoms with van der Waals surface area (Å²) in [6.07, 6.45) is 1.54. The Labute approximate surface area is 134 Å². The first-order chi connectivity index (χ1) is 10.7. The summed E-state index contributed by atoms with van der Waals surface area (Å²) in [5, 5.41) is 1.56. The van der Waals surface area contributed by atoms with Gasteiger partial charge in [-0.25, -0.2) is 9.97 Å². The summed E-state index contributed by atoms with van der Waals surface area (Å²) in [4.78, 5) is 21.5. The van der Waals surface area contributed by atoms with Crippen LogP contribution in [0.1, 0.15) is 0 Å². The summed E-state index contributed by atoms with van der Waals surface area (Å²) in [5.74, 6) is 0. The maximum atomic E-state index is 12.7. The number of nitrogens with zero attached hydrogens (tertiary/aromatic N) is 3. The highest BCUT2D eigenvalue weighted by Crippen LogP contribution is 2.23. The van der Waals surface area contributed by atoms with Crippen molar-refractivity contribution in [2.45, 2.75) is 0 Å². The van der Waals surface area contributed by atoms with E-state index < -0.39 is 0 Å². The molecule has 0 aliphatic carbocycles. The van der Waals surface area contributed by atoms with Gasteiger partial charge in [0, 0.05) is 5.39 Å². The predicted octanol–water partition coefficient (Wildman–Crippen LogP) is 3.70. The number of para-hydroxylation sites is 2. The van der Waals surface area contributed by atoms with Crippen LogP contribution in [0.2, 0.25) is 0 Å². The molecule has 0 fully saturated rings. The van der Waals surface area contributed by atoms with Crippen molar-refractivity contribution in [3.05, 3.63) is 75.9 Å². The molecular formula is C17H10BrN3O. The highest BCUT2D eigenvalue weighted by Gasteiger charge is 2.10. The lowest BCUT2D eigenvalue weighted by molar-refractivity contribution is 0.950. The van der Waals surface area contributed by atoms with Gasteiger partial charge < -0.3 is 0 Å². The zero-order valence-electron chi connectivity index (χ0n) is 11.4. The number of rotatable bonds is 1. The fourth-order valence-electron chi connectivity index (χ4n) is 2.49. The van der Waals surface area contributed by atoms with E-state index in [4.69, 9.17) is 0 Å². The van der Waals surface area contributed by atoms with Crippen LogP contribution in [-0.2, 0) is 0 Å². The van der Waals surface area contributed by atoms with Gasteiger partial charge in [-0.3, -0.25) is 9.36 Å². The molecule has 0 bridgehead atoms. The van der Waals surface area contributed by atoms with Gasteiger partial charge in [-0.15, -0.1) is 0 Å². The molecule has 0 N–H and O–H groups in total. The molecule has 2 aromatic heterocycles. The molecule has 0 saturated carbocycles. The van der Waals surface area contributed by atoms with Crippen LogP contribution in [0.5, 0.6) is 0 Å². The molecule has 4 aromatic rings. The van der Waals surface area contributed by atoms with Crippen LogP contribution in [0.25, 0.3) is 27.5 Å². The van der Waals surface area contributed by atoms with Crippen molar-refractivity contribution in [1.29, 1.82) is 0 Å². The van der Waals surface area contributed by atoms with Crippen molar-refractivity contribution < 1.29 is 0 Å². The normalized spacial score (nSPS) is 11.1. The standard InChI is InChI=1S/C17H10BrN3O/c18-16-15(9-11-5-1-3-7-13(11)20-16)21-10-19-14-8-4-2-6-12(14)17(21)22/h1-10H. The fraction of sp³-hybridized carbons (Fsp3) is 0. The number of halogens is 1. The average Bonchev–Trinajstić information content (AvgIpc) is 2.55. The van der Waals surface area contributed by atoms with Crippen molar-refractivity contribution in [2.24, 2.45) is 0 Å². The molecule has 2 aromatic carbocycles. The van der Waals surface area contributed by atoms with Gasteiger partial charge in [-0.2, -0.15) is 0 Å². The minimum Gasteiger partial charge on any atom is -0.268 e. The fourth-order valence-corrected chi connectivity index (χ4v) is 2.99. The lowest BCUT2D eigenvalue weighted by Gasteiger charge is -2.09. The van der Waals surface area contributed by atoms with E-state index in [1.54, 1.807) is 12.4 Å². The second kappa shape index (κ2) is 5.03. The number of fused-ring (bicyclic) bond motifs is 2. The number of pyridine rings is 1. The minimum atomic E-state index is -0.108. The molecule has 0 radical (unpaired) electrons. The molecule has 22 heavy (non-hydrogen) atoms. The SMILES string of the molecule is O=c1c2ccccc2ncn1-c1cc2ccccc2nc1Br. The lowest BCUT2D eigenvalue weighted by atomic mass is 10.2. The second-order valence-electron chi connectivity index (χ2n) is 4.93. The first-order valence-electron chi connectivity index (χ1n) is 6.76. The van der Waals surface area contributed by atoms with Crippen LogP contribution in [0, 0.1) is 0 Å². The molecular weight excluding hydrogens is 342 g/mol. The van der Waals surface area contributed by atoms with Gasteiger partial charge in [-0.1, -0.05) is 30.3 Å². The van der Waals surface area contributed by atoms with Gasteiger partial charge in [0.15, 0.2) is 0 Å². The van der Waals surface area contributed by atoms with Crippen LogP contribution in [0.4, 0.5) is 0 Å². The zero-order valence-corrected chi connectivity index (χ0v) is 13.0. The third-order valence-corrected chi connectivity index (χ3v) is 4.17. The Bertz CT molecular complexity index is 1070. The van der Waals surface area contributed by atoms with Gasteiger partial charge in [0.25, 0.3) is 5.56 Å². The smallest absolute Gasteiger partial charge is 0.265 e. The Kier molecular flexibility index (Phi) is 3.01. The highest BCUT2D eigenvalue weighted by atomic mass is 79.9. The summed E-state index contributed by atoms with van der Waals surface area (Å²) in [6, 6.07) is 17.0. The Morgan fingerprint density at radius 3 is 2.55 bits per heavy atom. The maximum absolute atomic E-state index is 12.7. The summed E-state index contributed by atoms with van der Waals surface area (Å²) in [6.45, 7) is 0. The van der Waals surface area contributed by atoms with Gasteiger partial charge in [0.1, 0.15) is 10.9 Å². The predicted molar refractivity (Wildman–Crippen MR) is 90.3 cm³/mol. The molecule has 0 spiro atoms. The second-order valence-corrected chi connectivity index (χ2v) is 5.68. The molecule has 106 valence electrons.